The molecule has 1 aromatic carbocycles. The number of carbonyl (C=O) groups excluding carboxylic acids is 1. The highest BCUT2D eigenvalue weighted by atomic mass is 31.2. The minimum Gasteiger partial charge on any atom is -0.496 e. The zero-order valence-corrected chi connectivity index (χ0v) is 18.7. The Hall–Kier alpha value is -1.28. The van der Waals surface area contributed by atoms with Crippen molar-refractivity contribution in [2.75, 3.05) is 20.4 Å². The molecule has 1 aromatic rings. The first-order valence-corrected chi connectivity index (χ1v) is 11.0. The number of benzene rings is 1. The number of carbonyl (C=O) groups is 1. The molecule has 1 rings (SSSR count). The lowest BCUT2D eigenvalue weighted by Crippen LogP contribution is -2.27. The molecular formula is C21H35O4P. The maximum absolute atomic E-state index is 14.1. The third-order valence-corrected chi connectivity index (χ3v) is 8.77. The summed E-state index contributed by atoms with van der Waals surface area (Å²) in [6.07, 6.45) is 1.29. The van der Waals surface area contributed by atoms with Gasteiger partial charge < -0.3 is 14.0 Å². The van der Waals surface area contributed by atoms with Crippen molar-refractivity contribution in [3.63, 3.8) is 0 Å². The number of rotatable bonds is 7. The second-order valence-corrected chi connectivity index (χ2v) is 12.9. The second-order valence-electron chi connectivity index (χ2n) is 9.31. The SMILES string of the molecule is COc1cccc(OC)c1C(=O)P(=O)(CC(C)CC(C)(C)C)C(C)(C)C. The van der Waals surface area contributed by atoms with Gasteiger partial charge in [-0.25, -0.2) is 0 Å². The van der Waals surface area contributed by atoms with Gasteiger partial charge in [0.2, 0.25) is 5.52 Å². The molecule has 0 aromatic heterocycles. The van der Waals surface area contributed by atoms with Gasteiger partial charge >= 0.3 is 0 Å². The summed E-state index contributed by atoms with van der Waals surface area (Å²) in [5.41, 5.74) is 0.0617. The summed E-state index contributed by atoms with van der Waals surface area (Å²) < 4.78 is 24.9. The molecule has 148 valence electrons. The highest BCUT2D eigenvalue weighted by molar-refractivity contribution is 7.82. The Bertz CT molecular complexity index is 658. The number of hydrogen-bond donors (Lipinski definition) is 0. The van der Waals surface area contributed by atoms with Gasteiger partial charge in [-0.05, 0) is 29.9 Å². The van der Waals surface area contributed by atoms with Crippen LogP contribution in [0.25, 0.3) is 0 Å². The topological polar surface area (TPSA) is 52.6 Å². The van der Waals surface area contributed by atoms with E-state index in [4.69, 9.17) is 9.47 Å². The van der Waals surface area contributed by atoms with Gasteiger partial charge in [0.15, 0.2) is 7.14 Å². The van der Waals surface area contributed by atoms with E-state index in [9.17, 15) is 9.36 Å². The molecule has 2 atom stereocenters. The fourth-order valence-corrected chi connectivity index (χ4v) is 6.36. The molecule has 0 aliphatic heterocycles. The minimum atomic E-state index is -3.24. The van der Waals surface area contributed by atoms with Crippen molar-refractivity contribution in [3.8, 4) is 11.5 Å². The van der Waals surface area contributed by atoms with Gasteiger partial charge in [0.1, 0.15) is 17.1 Å². The Morgan fingerprint density at radius 1 is 1.04 bits per heavy atom. The molecular weight excluding hydrogens is 347 g/mol. The third kappa shape index (κ3) is 5.13. The van der Waals surface area contributed by atoms with Crippen LogP contribution in [0.5, 0.6) is 11.5 Å². The minimum absolute atomic E-state index is 0.118. The molecule has 0 radical (unpaired) electrons. The van der Waals surface area contributed by atoms with E-state index in [1.807, 2.05) is 20.8 Å². The predicted molar refractivity (Wildman–Crippen MR) is 109 cm³/mol. The Morgan fingerprint density at radius 2 is 1.50 bits per heavy atom. The fraction of sp³-hybridized carbons (Fsp3) is 0.667. The summed E-state index contributed by atoms with van der Waals surface area (Å²) in [7, 11) is -0.218. The van der Waals surface area contributed by atoms with Crippen LogP contribution in [-0.4, -0.2) is 31.1 Å². The van der Waals surface area contributed by atoms with Crippen LogP contribution in [0.2, 0.25) is 0 Å². The summed E-state index contributed by atoms with van der Waals surface area (Å²) in [5.74, 6) is 0.981. The molecule has 0 bridgehead atoms. The van der Waals surface area contributed by atoms with E-state index in [2.05, 4.69) is 27.7 Å². The normalized spacial score (nSPS) is 15.9. The fourth-order valence-electron chi connectivity index (χ4n) is 3.45. The average molecular weight is 382 g/mol. The molecule has 0 amide bonds. The Labute approximate surface area is 159 Å². The molecule has 0 fully saturated rings. The lowest BCUT2D eigenvalue weighted by Gasteiger charge is -2.34. The molecule has 0 N–H and O–H groups in total. The largest absolute Gasteiger partial charge is 0.496 e. The summed E-state index contributed by atoms with van der Waals surface area (Å²) >= 11 is 0. The van der Waals surface area contributed by atoms with Gasteiger partial charge in [-0.3, -0.25) is 4.79 Å². The van der Waals surface area contributed by atoms with Crippen LogP contribution in [-0.2, 0) is 4.57 Å². The van der Waals surface area contributed by atoms with Crippen LogP contribution in [0.3, 0.4) is 0 Å². The average Bonchev–Trinajstić information content (AvgIpc) is 2.50. The summed E-state index contributed by atoms with van der Waals surface area (Å²) in [4.78, 5) is 13.6. The maximum Gasteiger partial charge on any atom is 0.229 e. The van der Waals surface area contributed by atoms with Gasteiger partial charge in [-0.2, -0.15) is 0 Å². The van der Waals surface area contributed by atoms with Crippen molar-refractivity contribution in [1.82, 2.24) is 0 Å². The Kier molecular flexibility index (Phi) is 7.15. The van der Waals surface area contributed by atoms with Crippen molar-refractivity contribution < 1.29 is 18.8 Å². The molecule has 0 saturated carbocycles. The first-order valence-electron chi connectivity index (χ1n) is 9.12. The molecule has 0 spiro atoms. The molecule has 0 aliphatic carbocycles. The van der Waals surface area contributed by atoms with Crippen LogP contribution >= 0.6 is 7.14 Å². The van der Waals surface area contributed by atoms with Crippen molar-refractivity contribution in [2.24, 2.45) is 11.3 Å². The quantitative estimate of drug-likeness (QED) is 0.536. The molecule has 0 aliphatic rings. The van der Waals surface area contributed by atoms with E-state index in [1.165, 1.54) is 14.2 Å². The molecule has 26 heavy (non-hydrogen) atoms. The number of ether oxygens (including phenoxy) is 2. The van der Waals surface area contributed by atoms with E-state index in [1.54, 1.807) is 18.2 Å². The van der Waals surface area contributed by atoms with Crippen LogP contribution in [0.1, 0.15) is 65.2 Å². The standard InChI is InChI=1S/C21H35O4P/c1-15(13-20(2,3)4)14-26(23,21(5,6)7)19(22)18-16(24-8)11-10-12-17(18)25-9/h10-12,15H,13-14H2,1-9H3. The molecule has 0 heterocycles. The van der Waals surface area contributed by atoms with E-state index in [0.29, 0.717) is 23.2 Å². The van der Waals surface area contributed by atoms with Crippen LogP contribution < -0.4 is 9.47 Å². The van der Waals surface area contributed by atoms with Crippen LogP contribution in [0, 0.1) is 11.3 Å². The molecule has 0 saturated heterocycles. The highest BCUT2D eigenvalue weighted by Gasteiger charge is 2.46. The first kappa shape index (κ1) is 22.8. The lowest BCUT2D eigenvalue weighted by atomic mass is 9.86. The van der Waals surface area contributed by atoms with Crippen molar-refractivity contribution in [1.29, 1.82) is 0 Å². The van der Waals surface area contributed by atoms with E-state index < -0.39 is 12.3 Å². The van der Waals surface area contributed by atoms with Gasteiger partial charge in [0, 0.05) is 11.3 Å². The number of methoxy groups -OCH3 is 2. The smallest absolute Gasteiger partial charge is 0.229 e. The first-order chi connectivity index (χ1) is 11.8. The van der Waals surface area contributed by atoms with Crippen LogP contribution in [0.15, 0.2) is 18.2 Å². The summed E-state index contributed by atoms with van der Waals surface area (Å²) in [5, 5.41) is -0.637. The predicted octanol–water partition coefficient (Wildman–Crippen LogP) is 6.08. The second kappa shape index (κ2) is 8.17. The summed E-state index contributed by atoms with van der Waals surface area (Å²) in [6, 6.07) is 5.18. The summed E-state index contributed by atoms with van der Waals surface area (Å²) in [6.45, 7) is 14.2. The van der Waals surface area contributed by atoms with Gasteiger partial charge in [0.25, 0.3) is 0 Å². The Morgan fingerprint density at radius 3 is 1.85 bits per heavy atom. The lowest BCUT2D eigenvalue weighted by molar-refractivity contribution is 0.106. The van der Waals surface area contributed by atoms with Crippen molar-refractivity contribution in [2.45, 2.75) is 60.0 Å². The molecule has 4 nitrogen and oxygen atoms in total. The molecule has 5 heteroatoms. The van der Waals surface area contributed by atoms with Gasteiger partial charge in [-0.1, -0.05) is 54.5 Å². The zero-order chi connectivity index (χ0) is 20.3. The zero-order valence-electron chi connectivity index (χ0n) is 17.8. The Balaban J connectivity index is 3.43. The number of hydrogen-bond acceptors (Lipinski definition) is 4. The van der Waals surface area contributed by atoms with Crippen LogP contribution in [0.4, 0.5) is 0 Å². The van der Waals surface area contributed by atoms with E-state index in [0.717, 1.165) is 6.42 Å². The van der Waals surface area contributed by atoms with E-state index in [-0.39, 0.29) is 16.9 Å². The van der Waals surface area contributed by atoms with Crippen molar-refractivity contribution in [3.05, 3.63) is 23.8 Å². The maximum atomic E-state index is 14.1. The van der Waals surface area contributed by atoms with Gasteiger partial charge in [-0.15, -0.1) is 0 Å². The van der Waals surface area contributed by atoms with Crippen molar-refractivity contribution >= 4 is 12.7 Å². The van der Waals surface area contributed by atoms with E-state index >= 15 is 0 Å². The molecule has 2 unspecified atom stereocenters. The third-order valence-electron chi connectivity index (χ3n) is 4.58. The van der Waals surface area contributed by atoms with Gasteiger partial charge in [0.05, 0.1) is 14.2 Å². The monoisotopic (exact) mass is 382 g/mol. The highest BCUT2D eigenvalue weighted by Crippen LogP contribution is 2.62.